The molecule has 0 spiro atoms. The second kappa shape index (κ2) is 12.7. The second-order valence-corrected chi connectivity index (χ2v) is 9.71. The molecule has 0 aliphatic rings. The van der Waals surface area contributed by atoms with Crippen molar-refractivity contribution in [3.63, 3.8) is 0 Å². The largest absolute Gasteiger partial charge is 0.490 e. The van der Waals surface area contributed by atoms with Gasteiger partial charge in [0.2, 0.25) is 0 Å². The first-order valence-corrected chi connectivity index (χ1v) is 13.3. The fourth-order valence-electron chi connectivity index (χ4n) is 4.42. The molecule has 3 N–H and O–H groups in total. The van der Waals surface area contributed by atoms with Crippen molar-refractivity contribution in [2.24, 2.45) is 0 Å². The number of rotatable bonds is 7. The van der Waals surface area contributed by atoms with Gasteiger partial charge in [-0.2, -0.15) is 28.2 Å². The highest BCUT2D eigenvalue weighted by Gasteiger charge is 2.38. The minimum absolute atomic E-state index is 0.651. The topological polar surface area (TPSA) is 109 Å². The number of imidazole rings is 1. The number of aryl methyl sites for hydroxylation is 1. The van der Waals surface area contributed by atoms with E-state index in [-0.39, 0.29) is 0 Å². The van der Waals surface area contributed by atoms with Gasteiger partial charge in [-0.1, -0.05) is 66.7 Å². The monoisotopic (exact) mass is 584 g/mol. The van der Waals surface area contributed by atoms with Crippen molar-refractivity contribution in [3.05, 3.63) is 120 Å². The number of fused-ring (bicyclic) bond motifs is 1. The van der Waals surface area contributed by atoms with E-state index in [4.69, 9.17) is 14.9 Å². The SMILES string of the molecule is Cc1cccc2[nH]c(-c3cccc(-c4cccc(CNCc5cnn(-c6ccccc6)n5)c4)c3)nc12.O=C(O)C(F)(F)F. The average Bonchev–Trinajstić information content (AvgIpc) is 3.66. The van der Waals surface area contributed by atoms with Crippen molar-refractivity contribution >= 4 is 17.0 Å². The molecule has 0 bridgehead atoms. The third-order valence-electron chi connectivity index (χ3n) is 6.51. The number of aromatic nitrogens is 5. The molecule has 0 radical (unpaired) electrons. The zero-order valence-corrected chi connectivity index (χ0v) is 23.0. The summed E-state index contributed by atoms with van der Waals surface area (Å²) < 4.78 is 31.7. The van der Waals surface area contributed by atoms with Gasteiger partial charge in [-0.05, 0) is 59.5 Å². The number of nitrogens with zero attached hydrogens (tertiary/aromatic N) is 4. The van der Waals surface area contributed by atoms with Gasteiger partial charge in [-0.3, -0.25) is 0 Å². The van der Waals surface area contributed by atoms with E-state index in [9.17, 15) is 13.2 Å². The Morgan fingerprint density at radius 2 is 1.56 bits per heavy atom. The third-order valence-corrected chi connectivity index (χ3v) is 6.51. The lowest BCUT2D eigenvalue weighted by atomic mass is 10.0. The molecule has 0 saturated heterocycles. The number of carboxylic acid groups (broad SMARTS) is 1. The Morgan fingerprint density at radius 3 is 2.28 bits per heavy atom. The summed E-state index contributed by atoms with van der Waals surface area (Å²) in [6, 6.07) is 33.3. The molecule has 0 amide bonds. The molecule has 43 heavy (non-hydrogen) atoms. The maximum atomic E-state index is 10.6. The first kappa shape index (κ1) is 29.2. The lowest BCUT2D eigenvalue weighted by molar-refractivity contribution is -0.192. The van der Waals surface area contributed by atoms with Crippen LogP contribution in [0.1, 0.15) is 16.8 Å². The third kappa shape index (κ3) is 7.32. The Bertz CT molecular complexity index is 1850. The fraction of sp³-hybridized carbons (Fsp3) is 0.125. The van der Waals surface area contributed by atoms with Gasteiger partial charge >= 0.3 is 12.1 Å². The molecule has 0 atom stereocenters. The lowest BCUT2D eigenvalue weighted by Crippen LogP contribution is -2.21. The molecule has 0 unspecified atom stereocenters. The summed E-state index contributed by atoms with van der Waals surface area (Å²) >= 11 is 0. The number of hydrogen-bond acceptors (Lipinski definition) is 5. The van der Waals surface area contributed by atoms with Crippen molar-refractivity contribution < 1.29 is 23.1 Å². The number of H-pyrrole nitrogens is 1. The van der Waals surface area contributed by atoms with E-state index >= 15 is 0 Å². The molecule has 2 aromatic heterocycles. The van der Waals surface area contributed by atoms with E-state index in [0.717, 1.165) is 45.9 Å². The molecule has 0 aliphatic carbocycles. The van der Waals surface area contributed by atoms with Crippen molar-refractivity contribution in [1.29, 1.82) is 0 Å². The van der Waals surface area contributed by atoms with Gasteiger partial charge in [-0.25, -0.2) is 9.78 Å². The summed E-state index contributed by atoms with van der Waals surface area (Å²) in [6.07, 6.45) is -3.28. The van der Waals surface area contributed by atoms with Crippen LogP contribution < -0.4 is 5.32 Å². The molecule has 8 nitrogen and oxygen atoms in total. The molecule has 218 valence electrons. The van der Waals surface area contributed by atoms with Crippen LogP contribution in [0, 0.1) is 6.92 Å². The molecule has 0 aliphatic heterocycles. The van der Waals surface area contributed by atoms with Gasteiger partial charge in [0.25, 0.3) is 0 Å². The minimum Gasteiger partial charge on any atom is -0.475 e. The highest BCUT2D eigenvalue weighted by molar-refractivity contribution is 5.83. The number of hydrogen-bond donors (Lipinski definition) is 3. The molecule has 4 aromatic carbocycles. The Morgan fingerprint density at radius 1 is 0.884 bits per heavy atom. The number of benzene rings is 4. The molecular weight excluding hydrogens is 557 g/mol. The van der Waals surface area contributed by atoms with Gasteiger partial charge in [0, 0.05) is 18.7 Å². The number of carboxylic acids is 1. The van der Waals surface area contributed by atoms with E-state index in [1.54, 1.807) is 4.80 Å². The molecule has 6 rings (SSSR count). The Labute approximate surface area is 244 Å². The zero-order valence-electron chi connectivity index (χ0n) is 23.0. The number of alkyl halides is 3. The van der Waals surface area contributed by atoms with Crippen LogP contribution in [-0.4, -0.2) is 42.2 Å². The minimum atomic E-state index is -5.08. The number of aromatic amines is 1. The van der Waals surface area contributed by atoms with Crippen LogP contribution in [0.3, 0.4) is 0 Å². The summed E-state index contributed by atoms with van der Waals surface area (Å²) in [6.45, 7) is 3.49. The zero-order chi connectivity index (χ0) is 30.4. The molecular formula is C32H27F3N6O2. The summed E-state index contributed by atoms with van der Waals surface area (Å²) in [4.78, 5) is 18.9. The number of carbonyl (C=O) groups is 1. The van der Waals surface area contributed by atoms with E-state index in [2.05, 4.69) is 94.2 Å². The number of para-hydroxylation sites is 2. The van der Waals surface area contributed by atoms with Crippen molar-refractivity contribution in [2.75, 3.05) is 0 Å². The first-order valence-electron chi connectivity index (χ1n) is 13.3. The predicted molar refractivity (Wildman–Crippen MR) is 157 cm³/mol. The maximum absolute atomic E-state index is 10.6. The number of halogens is 3. The van der Waals surface area contributed by atoms with Crippen LogP contribution in [-0.2, 0) is 17.9 Å². The predicted octanol–water partition coefficient (Wildman–Crippen LogP) is 6.71. The standard InChI is InChI=1S/C30H26N6.C2HF3O2/c1-21-8-5-15-28-29(21)34-30(33-28)25-12-7-11-24(17-25)23-10-6-9-22(16-23)18-31-19-26-20-32-36(35-26)27-13-3-2-4-14-27;3-2(4,5)1(6)7/h2-17,20,31H,18-19H2,1H3,(H,33,34);(H,6,7). The summed E-state index contributed by atoms with van der Waals surface area (Å²) in [7, 11) is 0. The van der Waals surface area contributed by atoms with Crippen LogP contribution in [0.5, 0.6) is 0 Å². The van der Waals surface area contributed by atoms with Crippen molar-refractivity contribution in [3.8, 4) is 28.2 Å². The second-order valence-electron chi connectivity index (χ2n) is 9.71. The van der Waals surface area contributed by atoms with Crippen LogP contribution >= 0.6 is 0 Å². The van der Waals surface area contributed by atoms with E-state index in [0.29, 0.717) is 6.54 Å². The van der Waals surface area contributed by atoms with E-state index in [1.807, 2.05) is 36.5 Å². The Hall–Kier alpha value is -5.29. The van der Waals surface area contributed by atoms with Crippen LogP contribution in [0.4, 0.5) is 13.2 Å². The average molecular weight is 585 g/mol. The van der Waals surface area contributed by atoms with Gasteiger partial charge in [0.15, 0.2) is 0 Å². The van der Waals surface area contributed by atoms with Crippen molar-refractivity contribution in [1.82, 2.24) is 30.3 Å². The van der Waals surface area contributed by atoms with E-state index < -0.39 is 12.1 Å². The van der Waals surface area contributed by atoms with Crippen LogP contribution in [0.25, 0.3) is 39.2 Å². The Kier molecular flexibility index (Phi) is 8.63. The molecule has 0 saturated carbocycles. The van der Waals surface area contributed by atoms with Gasteiger partial charge in [0.05, 0.1) is 28.6 Å². The summed E-state index contributed by atoms with van der Waals surface area (Å²) in [5.41, 5.74) is 9.76. The van der Waals surface area contributed by atoms with Gasteiger partial charge in [0.1, 0.15) is 5.82 Å². The highest BCUT2D eigenvalue weighted by atomic mass is 19.4. The van der Waals surface area contributed by atoms with Crippen LogP contribution in [0.2, 0.25) is 0 Å². The summed E-state index contributed by atoms with van der Waals surface area (Å²) in [5, 5.41) is 19.6. The summed E-state index contributed by atoms with van der Waals surface area (Å²) in [5.74, 6) is -1.87. The van der Waals surface area contributed by atoms with Crippen LogP contribution in [0.15, 0.2) is 103 Å². The highest BCUT2D eigenvalue weighted by Crippen LogP contribution is 2.28. The number of nitrogens with one attached hydrogen (secondary N) is 2. The van der Waals surface area contributed by atoms with Gasteiger partial charge in [-0.15, -0.1) is 0 Å². The normalized spacial score (nSPS) is 11.3. The number of aliphatic carboxylic acids is 1. The van der Waals surface area contributed by atoms with Gasteiger partial charge < -0.3 is 15.4 Å². The smallest absolute Gasteiger partial charge is 0.475 e. The molecule has 0 fully saturated rings. The fourth-order valence-corrected chi connectivity index (χ4v) is 4.42. The Balaban J connectivity index is 0.000000472. The molecule has 11 heteroatoms. The maximum Gasteiger partial charge on any atom is 0.490 e. The van der Waals surface area contributed by atoms with Crippen molar-refractivity contribution in [2.45, 2.75) is 26.2 Å². The molecule has 2 heterocycles. The van der Waals surface area contributed by atoms with E-state index in [1.165, 1.54) is 16.7 Å². The quantitative estimate of drug-likeness (QED) is 0.193. The lowest BCUT2D eigenvalue weighted by Gasteiger charge is -2.08. The molecule has 6 aromatic rings. The first-order chi connectivity index (χ1) is 20.7.